The molecule has 0 amide bonds. The van der Waals surface area contributed by atoms with Crippen molar-refractivity contribution in [1.29, 1.82) is 0 Å². The molecule has 0 N–H and O–H groups in total. The van der Waals surface area contributed by atoms with E-state index in [1.165, 1.54) is 0 Å². The molecule has 3 heteroatoms. The molecule has 4 aromatic carbocycles. The molecule has 0 bridgehead atoms. The third-order valence-electron chi connectivity index (χ3n) is 5.94. The second kappa shape index (κ2) is 8.72. The van der Waals surface area contributed by atoms with Gasteiger partial charge in [-0.05, 0) is 35.4 Å². The zero-order chi connectivity index (χ0) is 22.7. The standard InChI is InChI=1S/C31H21N3/c1-3-8-23(9-4-1)29-21-30(24-10-5-2-6-11-24)34-31(33-29)25-15-13-22(14-16-25)26-17-18-28-27(20-26)12-7-19-32-28/h1-21H. The molecule has 34 heavy (non-hydrogen) atoms. The summed E-state index contributed by atoms with van der Waals surface area (Å²) in [5.41, 5.74) is 8.28. The molecule has 2 aromatic heterocycles. The number of hydrogen-bond donors (Lipinski definition) is 0. The highest BCUT2D eigenvalue weighted by Crippen LogP contribution is 2.29. The molecule has 0 aliphatic heterocycles. The Morgan fingerprint density at radius 1 is 0.412 bits per heavy atom. The van der Waals surface area contributed by atoms with Crippen molar-refractivity contribution in [2.24, 2.45) is 0 Å². The zero-order valence-electron chi connectivity index (χ0n) is 18.5. The van der Waals surface area contributed by atoms with Gasteiger partial charge in [0.05, 0.1) is 16.9 Å². The van der Waals surface area contributed by atoms with E-state index in [9.17, 15) is 0 Å². The average Bonchev–Trinajstić information content (AvgIpc) is 2.93. The van der Waals surface area contributed by atoms with Crippen LogP contribution in [0.4, 0.5) is 0 Å². The minimum atomic E-state index is 0.717. The highest BCUT2D eigenvalue weighted by molar-refractivity contribution is 5.84. The maximum absolute atomic E-state index is 4.92. The predicted molar refractivity (Wildman–Crippen MR) is 139 cm³/mol. The van der Waals surface area contributed by atoms with Gasteiger partial charge in [-0.15, -0.1) is 0 Å². The Balaban J connectivity index is 1.42. The fraction of sp³-hybridized carbons (Fsp3) is 0. The minimum Gasteiger partial charge on any atom is -0.256 e. The molecule has 0 unspecified atom stereocenters. The van der Waals surface area contributed by atoms with Crippen LogP contribution in [0.5, 0.6) is 0 Å². The Bertz CT molecular complexity index is 1520. The van der Waals surface area contributed by atoms with Gasteiger partial charge in [0.2, 0.25) is 0 Å². The van der Waals surface area contributed by atoms with Crippen LogP contribution in [0.3, 0.4) is 0 Å². The van der Waals surface area contributed by atoms with E-state index >= 15 is 0 Å². The molecule has 6 aromatic rings. The topological polar surface area (TPSA) is 38.7 Å². The van der Waals surface area contributed by atoms with Gasteiger partial charge in [-0.3, -0.25) is 4.98 Å². The summed E-state index contributed by atoms with van der Waals surface area (Å²) in [7, 11) is 0. The van der Waals surface area contributed by atoms with Crippen LogP contribution in [-0.4, -0.2) is 15.0 Å². The Morgan fingerprint density at radius 3 is 1.65 bits per heavy atom. The Kier molecular flexibility index (Phi) is 5.13. The fourth-order valence-electron chi connectivity index (χ4n) is 4.16. The quantitative estimate of drug-likeness (QED) is 0.285. The normalized spacial score (nSPS) is 10.9. The van der Waals surface area contributed by atoms with Gasteiger partial charge in [-0.1, -0.05) is 97.1 Å². The smallest absolute Gasteiger partial charge is 0.160 e. The van der Waals surface area contributed by atoms with Crippen LogP contribution in [0.25, 0.3) is 55.9 Å². The lowest BCUT2D eigenvalue weighted by atomic mass is 10.0. The first-order valence-corrected chi connectivity index (χ1v) is 11.3. The number of pyridine rings is 1. The molecule has 0 radical (unpaired) electrons. The number of fused-ring (bicyclic) bond motifs is 1. The van der Waals surface area contributed by atoms with E-state index in [4.69, 9.17) is 9.97 Å². The van der Waals surface area contributed by atoms with Crippen molar-refractivity contribution >= 4 is 10.9 Å². The summed E-state index contributed by atoms with van der Waals surface area (Å²) < 4.78 is 0. The van der Waals surface area contributed by atoms with Gasteiger partial charge >= 0.3 is 0 Å². The SMILES string of the molecule is c1ccc(-c2cc(-c3ccccc3)nc(-c3ccc(-c4ccc5ncccc5c4)cc3)n2)cc1. The first-order chi connectivity index (χ1) is 16.8. The number of aromatic nitrogens is 3. The molecule has 0 saturated carbocycles. The third kappa shape index (κ3) is 3.96. The first kappa shape index (κ1) is 20.0. The third-order valence-corrected chi connectivity index (χ3v) is 5.94. The van der Waals surface area contributed by atoms with E-state index in [2.05, 4.69) is 83.8 Å². The van der Waals surface area contributed by atoms with Gasteiger partial charge in [-0.2, -0.15) is 0 Å². The number of nitrogens with zero attached hydrogens (tertiary/aromatic N) is 3. The lowest BCUT2D eigenvalue weighted by Crippen LogP contribution is -1.95. The van der Waals surface area contributed by atoms with Gasteiger partial charge in [0.1, 0.15) is 0 Å². The van der Waals surface area contributed by atoms with Gasteiger partial charge in [0.15, 0.2) is 5.82 Å². The maximum atomic E-state index is 4.92. The van der Waals surface area contributed by atoms with Crippen molar-refractivity contribution in [1.82, 2.24) is 15.0 Å². The van der Waals surface area contributed by atoms with Crippen LogP contribution in [0.2, 0.25) is 0 Å². The zero-order valence-corrected chi connectivity index (χ0v) is 18.5. The van der Waals surface area contributed by atoms with Crippen molar-refractivity contribution in [2.75, 3.05) is 0 Å². The Hall–Kier alpha value is -4.63. The number of benzene rings is 4. The molecule has 2 heterocycles. The van der Waals surface area contributed by atoms with Crippen molar-refractivity contribution < 1.29 is 0 Å². The van der Waals surface area contributed by atoms with Crippen LogP contribution in [0, 0.1) is 0 Å². The first-order valence-electron chi connectivity index (χ1n) is 11.3. The molecule has 0 aliphatic rings. The van der Waals surface area contributed by atoms with Gasteiger partial charge in [0.25, 0.3) is 0 Å². The van der Waals surface area contributed by atoms with Crippen molar-refractivity contribution in [3.8, 4) is 45.0 Å². The number of hydrogen-bond acceptors (Lipinski definition) is 3. The van der Waals surface area contributed by atoms with Gasteiger partial charge in [0, 0.05) is 28.3 Å². The average molecular weight is 436 g/mol. The van der Waals surface area contributed by atoms with E-state index in [1.807, 2.05) is 48.7 Å². The Labute approximate surface area is 198 Å². The van der Waals surface area contributed by atoms with E-state index in [0.29, 0.717) is 0 Å². The molecule has 6 rings (SSSR count). The maximum Gasteiger partial charge on any atom is 0.160 e. The minimum absolute atomic E-state index is 0.717. The lowest BCUT2D eigenvalue weighted by Gasteiger charge is -2.10. The van der Waals surface area contributed by atoms with E-state index in [0.717, 1.165) is 55.9 Å². The Morgan fingerprint density at radius 2 is 1.00 bits per heavy atom. The summed E-state index contributed by atoms with van der Waals surface area (Å²) in [6, 6.07) is 41.4. The summed E-state index contributed by atoms with van der Waals surface area (Å²) >= 11 is 0. The van der Waals surface area contributed by atoms with Gasteiger partial charge < -0.3 is 0 Å². The fourth-order valence-corrected chi connectivity index (χ4v) is 4.16. The molecule has 0 fully saturated rings. The molecular weight excluding hydrogens is 414 g/mol. The van der Waals surface area contributed by atoms with Crippen molar-refractivity contribution in [3.63, 3.8) is 0 Å². The number of rotatable bonds is 4. The monoisotopic (exact) mass is 435 g/mol. The highest BCUT2D eigenvalue weighted by atomic mass is 14.9. The van der Waals surface area contributed by atoms with E-state index in [-0.39, 0.29) is 0 Å². The molecule has 0 spiro atoms. The molecule has 3 nitrogen and oxygen atoms in total. The largest absolute Gasteiger partial charge is 0.256 e. The predicted octanol–water partition coefficient (Wildman–Crippen LogP) is 7.69. The van der Waals surface area contributed by atoms with Crippen LogP contribution in [0.1, 0.15) is 0 Å². The summed E-state index contributed by atoms with van der Waals surface area (Å²) in [6.07, 6.45) is 1.82. The van der Waals surface area contributed by atoms with E-state index in [1.54, 1.807) is 0 Å². The highest BCUT2D eigenvalue weighted by Gasteiger charge is 2.11. The molecule has 0 saturated heterocycles. The molecule has 0 aliphatic carbocycles. The van der Waals surface area contributed by atoms with E-state index < -0.39 is 0 Å². The summed E-state index contributed by atoms with van der Waals surface area (Å²) in [5, 5.41) is 1.13. The second-order valence-electron chi connectivity index (χ2n) is 8.18. The molecule has 160 valence electrons. The van der Waals surface area contributed by atoms with Crippen LogP contribution >= 0.6 is 0 Å². The van der Waals surface area contributed by atoms with Crippen LogP contribution in [-0.2, 0) is 0 Å². The second-order valence-corrected chi connectivity index (χ2v) is 8.18. The van der Waals surface area contributed by atoms with Crippen molar-refractivity contribution in [2.45, 2.75) is 0 Å². The molecular formula is C31H21N3. The van der Waals surface area contributed by atoms with Gasteiger partial charge in [-0.25, -0.2) is 9.97 Å². The van der Waals surface area contributed by atoms with Crippen LogP contribution in [0.15, 0.2) is 128 Å². The summed E-state index contributed by atoms with van der Waals surface area (Å²) in [6.45, 7) is 0. The summed E-state index contributed by atoms with van der Waals surface area (Å²) in [4.78, 5) is 14.3. The summed E-state index contributed by atoms with van der Waals surface area (Å²) in [5.74, 6) is 0.717. The molecule has 0 atom stereocenters. The van der Waals surface area contributed by atoms with Crippen LogP contribution < -0.4 is 0 Å². The van der Waals surface area contributed by atoms with Crippen molar-refractivity contribution in [3.05, 3.63) is 128 Å². The lowest BCUT2D eigenvalue weighted by molar-refractivity contribution is 1.18.